The number of halogens is 1. The lowest BCUT2D eigenvalue weighted by Crippen LogP contribution is -2.46. The molecule has 0 radical (unpaired) electrons. The second kappa shape index (κ2) is 2.78. The van der Waals surface area contributed by atoms with E-state index < -0.39 is 11.3 Å². The first kappa shape index (κ1) is 7.20. The van der Waals surface area contributed by atoms with Gasteiger partial charge in [-0.25, -0.2) is 14.5 Å². The fourth-order valence-electron chi connectivity index (χ4n) is 0.749. The molecule has 1 aliphatic rings. The Labute approximate surface area is 56.5 Å². The van der Waals surface area contributed by atoms with Crippen molar-refractivity contribution < 1.29 is 14.2 Å². The van der Waals surface area contributed by atoms with Crippen LogP contribution in [0.25, 0.3) is 0 Å². The molecule has 1 heterocycles. The molecule has 58 valence electrons. The molecule has 0 bridgehead atoms. The molecular weight excluding hydrogens is 143 g/mol. The van der Waals surface area contributed by atoms with E-state index in [4.69, 9.17) is 0 Å². The van der Waals surface area contributed by atoms with Crippen molar-refractivity contribution in [3.8, 4) is 0 Å². The summed E-state index contributed by atoms with van der Waals surface area (Å²) in [7, 11) is 0. The van der Waals surface area contributed by atoms with E-state index in [0.29, 0.717) is 5.01 Å². The standard InChI is InChI=1S/C4H7FN2O3/c5-4-3-10-2-1-6(4)7(8)9/h4H,1-3H2. The molecule has 1 saturated heterocycles. The van der Waals surface area contributed by atoms with Crippen LogP contribution in [0.15, 0.2) is 0 Å². The molecule has 0 N–H and O–H groups in total. The van der Waals surface area contributed by atoms with Crippen LogP contribution in [0.4, 0.5) is 4.39 Å². The molecule has 0 aromatic carbocycles. The van der Waals surface area contributed by atoms with Gasteiger partial charge in [0.25, 0.3) is 6.30 Å². The summed E-state index contributed by atoms with van der Waals surface area (Å²) in [5.41, 5.74) is 0. The highest BCUT2D eigenvalue weighted by molar-refractivity contribution is 4.56. The van der Waals surface area contributed by atoms with Crippen LogP contribution < -0.4 is 0 Å². The van der Waals surface area contributed by atoms with Crippen LogP contribution in [0, 0.1) is 10.1 Å². The fourth-order valence-corrected chi connectivity index (χ4v) is 0.749. The maximum absolute atomic E-state index is 12.5. The van der Waals surface area contributed by atoms with Crippen molar-refractivity contribution in [2.75, 3.05) is 19.8 Å². The molecule has 1 unspecified atom stereocenters. The molecule has 0 spiro atoms. The van der Waals surface area contributed by atoms with Crippen molar-refractivity contribution in [3.63, 3.8) is 0 Å². The SMILES string of the molecule is O=[N+]([O-])N1CCOCC1F. The molecule has 1 aliphatic heterocycles. The molecule has 0 aliphatic carbocycles. The van der Waals surface area contributed by atoms with Gasteiger partial charge in [0.1, 0.15) is 13.2 Å². The van der Waals surface area contributed by atoms with Gasteiger partial charge in [0.2, 0.25) is 0 Å². The average molecular weight is 150 g/mol. The molecule has 1 fully saturated rings. The Hall–Kier alpha value is -0.910. The smallest absolute Gasteiger partial charge is 0.251 e. The molecule has 0 saturated carbocycles. The summed E-state index contributed by atoms with van der Waals surface area (Å²) in [4.78, 5) is 10.0. The second-order valence-corrected chi connectivity index (χ2v) is 1.91. The van der Waals surface area contributed by atoms with E-state index in [1.165, 1.54) is 0 Å². The van der Waals surface area contributed by atoms with E-state index in [-0.39, 0.29) is 19.8 Å². The summed E-state index contributed by atoms with van der Waals surface area (Å²) in [6.07, 6.45) is -1.59. The zero-order valence-electron chi connectivity index (χ0n) is 5.20. The van der Waals surface area contributed by atoms with Gasteiger partial charge in [0.15, 0.2) is 5.03 Å². The number of hydrogen-bond acceptors (Lipinski definition) is 3. The molecular formula is C4H7FN2O3. The van der Waals surface area contributed by atoms with E-state index in [9.17, 15) is 14.5 Å². The predicted octanol–water partition coefficient (Wildman–Crippen LogP) is -0.194. The van der Waals surface area contributed by atoms with Gasteiger partial charge < -0.3 is 4.74 Å². The van der Waals surface area contributed by atoms with Crippen LogP contribution in [-0.4, -0.2) is 36.1 Å². The number of ether oxygens (including phenoxy) is 1. The minimum absolute atomic E-state index is 0.0220. The van der Waals surface area contributed by atoms with E-state index in [0.717, 1.165) is 0 Å². The lowest BCUT2D eigenvalue weighted by Gasteiger charge is -2.22. The summed E-state index contributed by atoms with van der Waals surface area (Å²) in [5, 5.41) is 9.79. The van der Waals surface area contributed by atoms with Gasteiger partial charge >= 0.3 is 0 Å². The lowest BCUT2D eigenvalue weighted by atomic mass is 10.5. The highest BCUT2D eigenvalue weighted by atomic mass is 19.1. The lowest BCUT2D eigenvalue weighted by molar-refractivity contribution is -0.676. The number of hydrogen-bond donors (Lipinski definition) is 0. The molecule has 6 heteroatoms. The van der Waals surface area contributed by atoms with Crippen molar-refractivity contribution in [1.82, 2.24) is 5.01 Å². The highest BCUT2D eigenvalue weighted by Crippen LogP contribution is 2.06. The van der Waals surface area contributed by atoms with Gasteiger partial charge in [-0.1, -0.05) is 5.01 Å². The Morgan fingerprint density at radius 1 is 1.80 bits per heavy atom. The zero-order chi connectivity index (χ0) is 7.56. The largest absolute Gasteiger partial charge is 0.374 e. The molecule has 0 aromatic heterocycles. The fraction of sp³-hybridized carbons (Fsp3) is 1.00. The summed E-state index contributed by atoms with van der Waals surface area (Å²) in [6, 6.07) is 0. The first-order chi connectivity index (χ1) is 4.72. The topological polar surface area (TPSA) is 55.6 Å². The van der Waals surface area contributed by atoms with Crippen LogP contribution in [-0.2, 0) is 4.74 Å². The molecule has 0 amide bonds. The first-order valence-corrected chi connectivity index (χ1v) is 2.84. The monoisotopic (exact) mass is 150 g/mol. The van der Waals surface area contributed by atoms with Gasteiger partial charge in [-0.3, -0.25) is 0 Å². The van der Waals surface area contributed by atoms with Crippen molar-refractivity contribution in [3.05, 3.63) is 10.1 Å². The van der Waals surface area contributed by atoms with Gasteiger partial charge in [-0.15, -0.1) is 0 Å². The Balaban J connectivity index is 2.47. The van der Waals surface area contributed by atoms with Gasteiger partial charge in [0, 0.05) is 0 Å². The molecule has 5 nitrogen and oxygen atoms in total. The minimum Gasteiger partial charge on any atom is -0.374 e. The van der Waals surface area contributed by atoms with E-state index in [1.54, 1.807) is 0 Å². The third-order valence-corrected chi connectivity index (χ3v) is 1.25. The predicted molar refractivity (Wildman–Crippen MR) is 29.4 cm³/mol. The Morgan fingerprint density at radius 2 is 2.50 bits per heavy atom. The van der Waals surface area contributed by atoms with Gasteiger partial charge in [-0.2, -0.15) is 0 Å². The zero-order valence-corrected chi connectivity index (χ0v) is 5.20. The average Bonchev–Trinajstić information content (AvgIpc) is 1.88. The van der Waals surface area contributed by atoms with E-state index in [2.05, 4.69) is 4.74 Å². The third-order valence-electron chi connectivity index (χ3n) is 1.25. The Morgan fingerprint density at radius 3 is 2.90 bits per heavy atom. The number of alkyl halides is 1. The van der Waals surface area contributed by atoms with E-state index in [1.807, 2.05) is 0 Å². The van der Waals surface area contributed by atoms with Crippen LogP contribution in [0.5, 0.6) is 0 Å². The summed E-state index contributed by atoms with van der Waals surface area (Å²) >= 11 is 0. The maximum Gasteiger partial charge on any atom is 0.251 e. The first-order valence-electron chi connectivity index (χ1n) is 2.84. The number of morpholine rings is 1. The number of nitrogens with zero attached hydrogens (tertiary/aromatic N) is 2. The van der Waals surface area contributed by atoms with Crippen molar-refractivity contribution in [2.45, 2.75) is 6.30 Å². The van der Waals surface area contributed by atoms with Crippen molar-refractivity contribution in [2.24, 2.45) is 0 Å². The molecule has 0 aromatic rings. The van der Waals surface area contributed by atoms with Crippen molar-refractivity contribution >= 4 is 0 Å². The number of rotatable bonds is 1. The quantitative estimate of drug-likeness (QED) is 0.295. The Bertz CT molecular complexity index is 142. The summed E-state index contributed by atoms with van der Waals surface area (Å²) in [5.74, 6) is 0. The van der Waals surface area contributed by atoms with Crippen LogP contribution in [0.1, 0.15) is 0 Å². The minimum atomic E-state index is -1.59. The second-order valence-electron chi connectivity index (χ2n) is 1.91. The number of hydrazine groups is 1. The van der Waals surface area contributed by atoms with Crippen LogP contribution >= 0.6 is 0 Å². The van der Waals surface area contributed by atoms with Crippen molar-refractivity contribution in [1.29, 1.82) is 0 Å². The third kappa shape index (κ3) is 1.32. The molecule has 1 atom stereocenters. The molecule has 1 rings (SSSR count). The normalized spacial score (nSPS) is 26.5. The van der Waals surface area contributed by atoms with Gasteiger partial charge in [0.05, 0.1) is 6.61 Å². The molecule has 10 heavy (non-hydrogen) atoms. The maximum atomic E-state index is 12.5. The number of nitro groups is 1. The van der Waals surface area contributed by atoms with E-state index >= 15 is 0 Å². The van der Waals surface area contributed by atoms with Crippen LogP contribution in [0.2, 0.25) is 0 Å². The summed E-state index contributed by atoms with van der Waals surface area (Å²) in [6.45, 7) is 0.0382. The Kier molecular flexibility index (Phi) is 2.00. The van der Waals surface area contributed by atoms with Gasteiger partial charge in [-0.05, 0) is 0 Å². The highest BCUT2D eigenvalue weighted by Gasteiger charge is 2.29. The van der Waals surface area contributed by atoms with Crippen LogP contribution in [0.3, 0.4) is 0 Å². The summed E-state index contributed by atoms with van der Waals surface area (Å²) < 4.78 is 17.1.